The molecule has 0 spiro atoms. The molecular weight excluding hydrogens is 232 g/mol. The summed E-state index contributed by atoms with van der Waals surface area (Å²) in [5.74, 6) is -0.351. The van der Waals surface area contributed by atoms with Gasteiger partial charge >= 0.3 is 5.97 Å². The van der Waals surface area contributed by atoms with Gasteiger partial charge in [-0.3, -0.25) is 0 Å². The van der Waals surface area contributed by atoms with E-state index in [1.807, 2.05) is 13.0 Å². The first-order valence-corrected chi connectivity index (χ1v) is 6.42. The van der Waals surface area contributed by atoms with Crippen molar-refractivity contribution in [2.45, 2.75) is 26.7 Å². The first kappa shape index (κ1) is 16.9. The molecule has 0 aliphatic carbocycles. The van der Waals surface area contributed by atoms with Crippen LogP contribution in [0, 0.1) is 0 Å². The number of hydrogen-bond donors (Lipinski definition) is 0. The topological polar surface area (TPSA) is 44.8 Å². The molecule has 104 valence electrons. The molecule has 0 unspecified atom stereocenters. The van der Waals surface area contributed by atoms with Gasteiger partial charge in [0.05, 0.1) is 19.8 Å². The molecule has 0 saturated carbocycles. The van der Waals surface area contributed by atoms with E-state index in [-0.39, 0.29) is 12.6 Å². The zero-order chi connectivity index (χ0) is 13.5. The first-order chi connectivity index (χ1) is 8.81. The molecule has 0 fully saturated rings. The van der Waals surface area contributed by atoms with Gasteiger partial charge in [-0.2, -0.15) is 0 Å². The lowest BCUT2D eigenvalue weighted by molar-refractivity contribution is -0.139. The van der Waals surface area contributed by atoms with E-state index >= 15 is 0 Å². The van der Waals surface area contributed by atoms with Crippen LogP contribution < -0.4 is 0 Å². The minimum Gasteiger partial charge on any atom is -0.460 e. The maximum atomic E-state index is 11.1. The van der Waals surface area contributed by atoms with Gasteiger partial charge in [0.25, 0.3) is 0 Å². The van der Waals surface area contributed by atoms with E-state index in [9.17, 15) is 4.79 Å². The monoisotopic (exact) mass is 256 g/mol. The van der Waals surface area contributed by atoms with Crippen LogP contribution in [0.2, 0.25) is 0 Å². The number of ether oxygens (including phenoxy) is 3. The molecule has 18 heavy (non-hydrogen) atoms. The van der Waals surface area contributed by atoms with Crippen molar-refractivity contribution in [2.75, 3.05) is 33.0 Å². The lowest BCUT2D eigenvalue weighted by Crippen LogP contribution is -2.11. The molecule has 0 N–H and O–H groups in total. The predicted molar refractivity (Wildman–Crippen MR) is 71.5 cm³/mol. The quantitative estimate of drug-likeness (QED) is 0.246. The number of allylic oxidation sites excluding steroid dienone is 3. The molecule has 0 amide bonds. The highest BCUT2D eigenvalue weighted by Gasteiger charge is 1.95. The van der Waals surface area contributed by atoms with Crippen molar-refractivity contribution < 1.29 is 19.0 Å². The van der Waals surface area contributed by atoms with Gasteiger partial charge in [0.15, 0.2) is 0 Å². The van der Waals surface area contributed by atoms with Crippen molar-refractivity contribution >= 4 is 5.97 Å². The van der Waals surface area contributed by atoms with Gasteiger partial charge in [0, 0.05) is 12.7 Å². The number of carbonyl (C=O) groups is 1. The van der Waals surface area contributed by atoms with E-state index in [0.717, 1.165) is 19.4 Å². The Morgan fingerprint density at radius 1 is 1.00 bits per heavy atom. The molecule has 0 aliphatic rings. The lowest BCUT2D eigenvalue weighted by Gasteiger charge is -2.05. The van der Waals surface area contributed by atoms with Gasteiger partial charge in [-0.15, -0.1) is 0 Å². The second-order valence-corrected chi connectivity index (χ2v) is 3.63. The van der Waals surface area contributed by atoms with Gasteiger partial charge in [-0.1, -0.05) is 31.6 Å². The SMILES string of the molecule is CC=CC=CC(=O)OCCOCCOCCCC. The van der Waals surface area contributed by atoms with Crippen LogP contribution in [0.3, 0.4) is 0 Å². The van der Waals surface area contributed by atoms with E-state index in [1.165, 1.54) is 6.08 Å². The molecular formula is C14H24O4. The van der Waals surface area contributed by atoms with Crippen LogP contribution in [0.5, 0.6) is 0 Å². The Hall–Kier alpha value is -1.13. The number of esters is 1. The smallest absolute Gasteiger partial charge is 0.330 e. The summed E-state index contributed by atoms with van der Waals surface area (Å²) >= 11 is 0. The summed E-state index contributed by atoms with van der Waals surface area (Å²) in [5.41, 5.74) is 0. The fourth-order valence-electron chi connectivity index (χ4n) is 1.06. The van der Waals surface area contributed by atoms with E-state index in [1.54, 1.807) is 12.2 Å². The minimum atomic E-state index is -0.351. The van der Waals surface area contributed by atoms with Crippen molar-refractivity contribution in [3.8, 4) is 0 Å². The van der Waals surface area contributed by atoms with Crippen LogP contribution in [0.4, 0.5) is 0 Å². The molecule has 4 heteroatoms. The predicted octanol–water partition coefficient (Wildman–Crippen LogP) is 2.50. The summed E-state index contributed by atoms with van der Waals surface area (Å²) in [6.45, 7) is 6.59. The number of hydrogen-bond acceptors (Lipinski definition) is 4. The van der Waals surface area contributed by atoms with Gasteiger partial charge in [0.2, 0.25) is 0 Å². The number of carbonyl (C=O) groups excluding carboxylic acids is 1. The molecule has 0 heterocycles. The van der Waals surface area contributed by atoms with Crippen LogP contribution in [-0.4, -0.2) is 39.0 Å². The third-order valence-electron chi connectivity index (χ3n) is 2.02. The Labute approximate surface area is 110 Å². The zero-order valence-electron chi connectivity index (χ0n) is 11.4. The normalized spacial score (nSPS) is 11.4. The van der Waals surface area contributed by atoms with Crippen LogP contribution >= 0.6 is 0 Å². The molecule has 0 saturated heterocycles. The summed E-state index contributed by atoms with van der Waals surface area (Å²) in [6.07, 6.45) is 8.85. The zero-order valence-corrected chi connectivity index (χ0v) is 11.4. The average molecular weight is 256 g/mol. The largest absolute Gasteiger partial charge is 0.460 e. The van der Waals surface area contributed by atoms with Crippen molar-refractivity contribution in [1.82, 2.24) is 0 Å². The maximum Gasteiger partial charge on any atom is 0.330 e. The Morgan fingerprint density at radius 3 is 2.33 bits per heavy atom. The highest BCUT2D eigenvalue weighted by Crippen LogP contribution is 1.88. The fraction of sp³-hybridized carbons (Fsp3) is 0.643. The molecule has 0 rings (SSSR count). The van der Waals surface area contributed by atoms with E-state index in [0.29, 0.717) is 19.8 Å². The highest BCUT2D eigenvalue weighted by atomic mass is 16.6. The Bertz CT molecular complexity index is 246. The van der Waals surface area contributed by atoms with Gasteiger partial charge in [-0.25, -0.2) is 4.79 Å². The first-order valence-electron chi connectivity index (χ1n) is 6.42. The van der Waals surface area contributed by atoms with Crippen LogP contribution in [-0.2, 0) is 19.0 Å². The van der Waals surface area contributed by atoms with E-state index in [4.69, 9.17) is 14.2 Å². The molecule has 0 aromatic heterocycles. The fourth-order valence-corrected chi connectivity index (χ4v) is 1.06. The summed E-state index contributed by atoms with van der Waals surface area (Å²) in [6, 6.07) is 0. The molecule has 0 aromatic carbocycles. The molecule has 0 bridgehead atoms. The van der Waals surface area contributed by atoms with Crippen molar-refractivity contribution in [1.29, 1.82) is 0 Å². The standard InChI is InChI=1S/C14H24O4/c1-3-5-7-8-14(15)18-13-12-17-11-10-16-9-6-4-2/h3,5,7-8H,4,6,9-13H2,1-2H3. The number of unbranched alkanes of at least 4 members (excludes halogenated alkanes) is 1. The van der Waals surface area contributed by atoms with E-state index < -0.39 is 0 Å². The summed E-state index contributed by atoms with van der Waals surface area (Å²) in [7, 11) is 0. The van der Waals surface area contributed by atoms with Crippen molar-refractivity contribution in [2.24, 2.45) is 0 Å². The van der Waals surface area contributed by atoms with Crippen LogP contribution in [0.15, 0.2) is 24.3 Å². The molecule has 4 nitrogen and oxygen atoms in total. The lowest BCUT2D eigenvalue weighted by atomic mass is 10.4. The Balaban J connectivity index is 3.22. The van der Waals surface area contributed by atoms with E-state index in [2.05, 4.69) is 6.92 Å². The second kappa shape index (κ2) is 13.9. The third kappa shape index (κ3) is 12.9. The molecule has 0 atom stereocenters. The molecule has 0 radical (unpaired) electrons. The minimum absolute atomic E-state index is 0.272. The summed E-state index contributed by atoms with van der Waals surface area (Å²) < 4.78 is 15.5. The van der Waals surface area contributed by atoms with Gasteiger partial charge < -0.3 is 14.2 Å². The Morgan fingerprint density at radius 2 is 1.67 bits per heavy atom. The second-order valence-electron chi connectivity index (χ2n) is 3.63. The molecule has 0 aromatic rings. The maximum absolute atomic E-state index is 11.1. The van der Waals surface area contributed by atoms with Gasteiger partial charge in [-0.05, 0) is 13.3 Å². The highest BCUT2D eigenvalue weighted by molar-refractivity contribution is 5.82. The summed E-state index contributed by atoms with van der Waals surface area (Å²) in [5, 5.41) is 0. The number of rotatable bonds is 11. The molecule has 0 aliphatic heterocycles. The summed E-state index contributed by atoms with van der Waals surface area (Å²) in [4.78, 5) is 11.1. The third-order valence-corrected chi connectivity index (χ3v) is 2.02. The average Bonchev–Trinajstić information content (AvgIpc) is 2.37. The van der Waals surface area contributed by atoms with Crippen molar-refractivity contribution in [3.05, 3.63) is 24.3 Å². The van der Waals surface area contributed by atoms with Crippen molar-refractivity contribution in [3.63, 3.8) is 0 Å². The van der Waals surface area contributed by atoms with Crippen LogP contribution in [0.1, 0.15) is 26.7 Å². The Kier molecular flexibility index (Phi) is 13.1. The van der Waals surface area contributed by atoms with Gasteiger partial charge in [0.1, 0.15) is 6.61 Å². The van der Waals surface area contributed by atoms with Crippen LogP contribution in [0.25, 0.3) is 0 Å².